The lowest BCUT2D eigenvalue weighted by molar-refractivity contribution is 0.141. The third-order valence-corrected chi connectivity index (χ3v) is 3.13. The Kier molecular flexibility index (Phi) is 2.80. The van der Waals surface area contributed by atoms with Crippen LogP contribution in [0.5, 0.6) is 0 Å². The number of rotatable bonds is 0. The Bertz CT molecular complexity index is 99.1. The van der Waals surface area contributed by atoms with Gasteiger partial charge in [0.2, 0.25) is 0 Å². The molecule has 0 heterocycles. The minimum absolute atomic E-state index is 0.189. The van der Waals surface area contributed by atoms with Crippen molar-refractivity contribution < 1.29 is 5.11 Å². The van der Waals surface area contributed by atoms with E-state index in [9.17, 15) is 5.11 Å². The highest BCUT2D eigenvalue weighted by molar-refractivity contribution is 9.09. The van der Waals surface area contributed by atoms with Gasteiger partial charge in [-0.3, -0.25) is 0 Å². The van der Waals surface area contributed by atoms with E-state index in [0.717, 1.165) is 19.3 Å². The largest absolute Gasteiger partial charge is 0.392 e. The quantitative estimate of drug-likeness (QED) is 0.610. The lowest BCUT2D eigenvalue weighted by Gasteiger charge is -2.25. The third kappa shape index (κ3) is 2.10. The van der Waals surface area contributed by atoms with Crippen LogP contribution < -0.4 is 0 Å². The van der Waals surface area contributed by atoms with Crippen molar-refractivity contribution in [1.82, 2.24) is 0 Å². The summed E-state index contributed by atoms with van der Waals surface area (Å²) in [5.41, 5.74) is 0. The van der Waals surface area contributed by atoms with E-state index in [1.807, 2.05) is 0 Å². The van der Waals surface area contributed by atoms with Gasteiger partial charge in [0.1, 0.15) is 0 Å². The minimum atomic E-state index is -0.235. The highest BCUT2D eigenvalue weighted by atomic mass is 79.9. The average molecular weight is 214 g/mol. The molecule has 3 unspecified atom stereocenters. The van der Waals surface area contributed by atoms with E-state index in [2.05, 4.69) is 15.9 Å². The summed E-state index contributed by atoms with van der Waals surface area (Å²) in [5.74, 6) is 0. The van der Waals surface area contributed by atoms with Crippen LogP contribution in [0.15, 0.2) is 0 Å². The van der Waals surface area contributed by atoms with E-state index in [-0.39, 0.29) is 16.3 Å². The van der Waals surface area contributed by atoms with Crippen molar-refractivity contribution >= 4 is 27.5 Å². The van der Waals surface area contributed by atoms with Crippen LogP contribution in [0.1, 0.15) is 19.3 Å². The van der Waals surface area contributed by atoms with Crippen molar-refractivity contribution in [2.24, 2.45) is 0 Å². The monoisotopic (exact) mass is 212 g/mol. The highest BCUT2D eigenvalue weighted by Crippen LogP contribution is 2.27. The number of aliphatic hydroxyl groups excluding tert-OH is 1. The summed E-state index contributed by atoms with van der Waals surface area (Å²) in [6.45, 7) is 0. The molecule has 9 heavy (non-hydrogen) atoms. The molecule has 1 N–H and O–H groups in total. The van der Waals surface area contributed by atoms with E-state index in [4.69, 9.17) is 11.6 Å². The van der Waals surface area contributed by atoms with Crippen molar-refractivity contribution in [1.29, 1.82) is 0 Å². The van der Waals surface area contributed by atoms with Crippen LogP contribution in [0.2, 0.25) is 0 Å². The maximum atomic E-state index is 9.22. The second-order valence-corrected chi connectivity index (χ2v) is 4.29. The standard InChI is InChI=1S/C6H10BrClO/c7-5-2-1-4(8)3-6(5)9/h4-6,9H,1-3H2. The van der Waals surface area contributed by atoms with Crippen LogP contribution in [0.4, 0.5) is 0 Å². The van der Waals surface area contributed by atoms with Crippen molar-refractivity contribution in [3.63, 3.8) is 0 Å². The van der Waals surface area contributed by atoms with Crippen molar-refractivity contribution in [2.45, 2.75) is 35.6 Å². The summed E-state index contributed by atoms with van der Waals surface area (Å²) in [5, 5.41) is 9.41. The molecular formula is C6H10BrClO. The van der Waals surface area contributed by atoms with Gasteiger partial charge in [0.15, 0.2) is 0 Å². The van der Waals surface area contributed by atoms with Crippen LogP contribution >= 0.6 is 27.5 Å². The maximum Gasteiger partial charge on any atom is 0.0679 e. The van der Waals surface area contributed by atoms with E-state index in [1.54, 1.807) is 0 Å². The van der Waals surface area contributed by atoms with Crippen LogP contribution in [-0.2, 0) is 0 Å². The summed E-state index contributed by atoms with van der Waals surface area (Å²) in [4.78, 5) is 0.271. The normalized spacial score (nSPS) is 45.0. The zero-order chi connectivity index (χ0) is 6.85. The van der Waals surface area contributed by atoms with Crippen molar-refractivity contribution in [2.75, 3.05) is 0 Å². The van der Waals surface area contributed by atoms with E-state index < -0.39 is 0 Å². The minimum Gasteiger partial charge on any atom is -0.392 e. The topological polar surface area (TPSA) is 20.2 Å². The van der Waals surface area contributed by atoms with Gasteiger partial charge in [-0.15, -0.1) is 11.6 Å². The number of hydrogen-bond donors (Lipinski definition) is 1. The Morgan fingerprint density at radius 1 is 1.44 bits per heavy atom. The van der Waals surface area contributed by atoms with Gasteiger partial charge < -0.3 is 5.11 Å². The summed E-state index contributed by atoms with van der Waals surface area (Å²) >= 11 is 9.17. The van der Waals surface area contributed by atoms with Gasteiger partial charge in [0, 0.05) is 10.2 Å². The molecule has 3 atom stereocenters. The zero-order valence-corrected chi connectivity index (χ0v) is 7.40. The Labute approximate surface area is 68.5 Å². The molecule has 1 aliphatic rings. The second-order valence-electron chi connectivity index (χ2n) is 2.49. The van der Waals surface area contributed by atoms with Crippen LogP contribution in [-0.4, -0.2) is 21.4 Å². The molecule has 0 aromatic heterocycles. The Morgan fingerprint density at radius 3 is 2.56 bits per heavy atom. The fourth-order valence-corrected chi connectivity index (χ4v) is 1.85. The van der Waals surface area contributed by atoms with Crippen LogP contribution in [0.3, 0.4) is 0 Å². The number of alkyl halides is 2. The predicted octanol–water partition coefficient (Wildman–Crippen LogP) is 1.90. The van der Waals surface area contributed by atoms with Crippen LogP contribution in [0, 0.1) is 0 Å². The first-order valence-corrected chi connectivity index (χ1v) is 4.51. The summed E-state index contributed by atoms with van der Waals surface area (Å²) in [6, 6.07) is 0. The maximum absolute atomic E-state index is 9.22. The van der Waals surface area contributed by atoms with Crippen LogP contribution in [0.25, 0.3) is 0 Å². The molecule has 1 fully saturated rings. The smallest absolute Gasteiger partial charge is 0.0679 e. The first kappa shape index (κ1) is 7.83. The molecule has 0 saturated heterocycles. The number of aliphatic hydroxyl groups is 1. The molecule has 1 nitrogen and oxygen atoms in total. The molecule has 1 rings (SSSR count). The predicted molar refractivity (Wildman–Crippen MR) is 42.2 cm³/mol. The van der Waals surface area contributed by atoms with Gasteiger partial charge in [-0.05, 0) is 19.3 Å². The summed E-state index contributed by atoms with van der Waals surface area (Å²) in [6.07, 6.45) is 2.52. The molecule has 0 aliphatic heterocycles. The van der Waals surface area contributed by atoms with Gasteiger partial charge in [-0.2, -0.15) is 0 Å². The van der Waals surface area contributed by atoms with E-state index in [1.165, 1.54) is 0 Å². The fraction of sp³-hybridized carbons (Fsp3) is 1.00. The molecule has 3 heteroatoms. The third-order valence-electron chi connectivity index (χ3n) is 1.67. The molecule has 1 saturated carbocycles. The Balaban J connectivity index is 2.35. The first-order chi connectivity index (χ1) is 4.20. The lowest BCUT2D eigenvalue weighted by atomic mass is 9.97. The highest BCUT2D eigenvalue weighted by Gasteiger charge is 2.25. The number of hydrogen-bond acceptors (Lipinski definition) is 1. The molecule has 0 spiro atoms. The van der Waals surface area contributed by atoms with Gasteiger partial charge >= 0.3 is 0 Å². The van der Waals surface area contributed by atoms with Gasteiger partial charge in [0.25, 0.3) is 0 Å². The summed E-state index contributed by atoms with van der Waals surface area (Å²) < 4.78 is 0. The van der Waals surface area contributed by atoms with Crippen molar-refractivity contribution in [3.8, 4) is 0 Å². The molecule has 0 aromatic rings. The molecule has 0 bridgehead atoms. The van der Waals surface area contributed by atoms with Gasteiger partial charge in [-0.25, -0.2) is 0 Å². The molecule has 54 valence electrons. The van der Waals surface area contributed by atoms with E-state index >= 15 is 0 Å². The van der Waals surface area contributed by atoms with Gasteiger partial charge in [-0.1, -0.05) is 15.9 Å². The number of halogens is 2. The molecule has 0 amide bonds. The molecule has 1 aliphatic carbocycles. The molecule has 0 aromatic carbocycles. The van der Waals surface area contributed by atoms with E-state index in [0.29, 0.717) is 0 Å². The molecule has 0 radical (unpaired) electrons. The average Bonchev–Trinajstić information content (AvgIpc) is 1.80. The van der Waals surface area contributed by atoms with Gasteiger partial charge in [0.05, 0.1) is 6.10 Å². The second kappa shape index (κ2) is 3.22. The lowest BCUT2D eigenvalue weighted by Crippen LogP contribution is -2.29. The zero-order valence-electron chi connectivity index (χ0n) is 5.06. The van der Waals surface area contributed by atoms with Crippen molar-refractivity contribution in [3.05, 3.63) is 0 Å². The Morgan fingerprint density at radius 2 is 2.11 bits per heavy atom. The fourth-order valence-electron chi connectivity index (χ4n) is 1.06. The first-order valence-electron chi connectivity index (χ1n) is 3.16. The summed E-state index contributed by atoms with van der Waals surface area (Å²) in [7, 11) is 0. The molecular weight excluding hydrogens is 203 g/mol. The SMILES string of the molecule is OC1CC(Cl)CCC1Br. The Hall–Kier alpha value is 0.730.